The summed E-state index contributed by atoms with van der Waals surface area (Å²) in [6, 6.07) is 1.82. The van der Waals surface area contributed by atoms with Gasteiger partial charge < -0.3 is 5.73 Å². The number of rotatable bonds is 4. The molecule has 0 amide bonds. The molecular weight excluding hydrogens is 242 g/mol. The molecule has 16 heavy (non-hydrogen) atoms. The molecule has 1 aromatic heterocycles. The number of hydrogen-bond acceptors (Lipinski definition) is 6. The van der Waals surface area contributed by atoms with Crippen molar-refractivity contribution in [2.45, 2.75) is 18.2 Å². The highest BCUT2D eigenvalue weighted by Crippen LogP contribution is 2.23. The number of thioether (sulfide) groups is 1. The molecule has 2 N–H and O–H groups in total. The van der Waals surface area contributed by atoms with Crippen LogP contribution in [0.5, 0.6) is 0 Å². The second-order valence-corrected chi connectivity index (χ2v) is 5.22. The SMILES string of the molecule is CC(N)=C(C#N)C(=O)CSc1nc(C)cs1. The molecule has 0 aliphatic heterocycles. The van der Waals surface area contributed by atoms with Crippen molar-refractivity contribution < 1.29 is 4.79 Å². The van der Waals surface area contributed by atoms with Crippen molar-refractivity contribution in [1.29, 1.82) is 5.26 Å². The summed E-state index contributed by atoms with van der Waals surface area (Å²) in [5.41, 5.74) is 6.68. The summed E-state index contributed by atoms with van der Waals surface area (Å²) in [4.78, 5) is 15.8. The van der Waals surface area contributed by atoms with E-state index in [1.54, 1.807) is 6.92 Å². The number of aromatic nitrogens is 1. The molecule has 6 heteroatoms. The molecule has 0 aromatic carbocycles. The molecule has 0 spiro atoms. The maximum atomic E-state index is 11.6. The Labute approximate surface area is 102 Å². The van der Waals surface area contributed by atoms with Gasteiger partial charge in [0.05, 0.1) is 5.75 Å². The maximum Gasteiger partial charge on any atom is 0.185 e. The van der Waals surface area contributed by atoms with Crippen LogP contribution in [0, 0.1) is 18.3 Å². The number of carbonyl (C=O) groups is 1. The number of Topliss-reactive ketones (excluding diaryl/α,β-unsaturated/α-hetero) is 1. The topological polar surface area (TPSA) is 79.8 Å². The predicted molar refractivity (Wildman–Crippen MR) is 65.1 cm³/mol. The van der Waals surface area contributed by atoms with Crippen LogP contribution < -0.4 is 5.73 Å². The molecule has 1 aromatic rings. The van der Waals surface area contributed by atoms with Crippen LogP contribution in [0.3, 0.4) is 0 Å². The van der Waals surface area contributed by atoms with Crippen LogP contribution >= 0.6 is 23.1 Å². The first-order valence-corrected chi connectivity index (χ1v) is 6.35. The van der Waals surface area contributed by atoms with Gasteiger partial charge in [0.25, 0.3) is 0 Å². The Morgan fingerprint density at radius 2 is 2.44 bits per heavy atom. The van der Waals surface area contributed by atoms with Crippen LogP contribution in [0.15, 0.2) is 21.0 Å². The standard InChI is InChI=1S/C10H11N3OS2/c1-6-4-15-10(13-6)16-5-9(14)8(3-11)7(2)12/h4H,5,12H2,1-2H3. The molecule has 0 saturated carbocycles. The lowest BCUT2D eigenvalue weighted by molar-refractivity contribution is -0.112. The molecule has 0 atom stereocenters. The molecule has 1 heterocycles. The van der Waals surface area contributed by atoms with Gasteiger partial charge in [0.1, 0.15) is 11.6 Å². The zero-order valence-corrected chi connectivity index (χ0v) is 10.6. The van der Waals surface area contributed by atoms with Gasteiger partial charge in [0, 0.05) is 16.8 Å². The minimum Gasteiger partial charge on any atom is -0.401 e. The van der Waals surface area contributed by atoms with Gasteiger partial charge in [-0.25, -0.2) is 4.98 Å². The highest BCUT2D eigenvalue weighted by Gasteiger charge is 2.12. The minimum absolute atomic E-state index is 0.0424. The van der Waals surface area contributed by atoms with Gasteiger partial charge >= 0.3 is 0 Å². The molecule has 0 unspecified atom stereocenters. The van der Waals surface area contributed by atoms with Crippen LogP contribution in [0.25, 0.3) is 0 Å². The van der Waals surface area contributed by atoms with Crippen LogP contribution in [-0.2, 0) is 4.79 Å². The fourth-order valence-corrected chi connectivity index (χ4v) is 2.69. The summed E-state index contributed by atoms with van der Waals surface area (Å²) in [5, 5.41) is 10.7. The van der Waals surface area contributed by atoms with Gasteiger partial charge in [-0.05, 0) is 13.8 Å². The van der Waals surface area contributed by atoms with Crippen LogP contribution in [0.4, 0.5) is 0 Å². The van der Waals surface area contributed by atoms with Gasteiger partial charge in [0.15, 0.2) is 10.1 Å². The van der Waals surface area contributed by atoms with Crippen molar-refractivity contribution in [3.63, 3.8) is 0 Å². The largest absolute Gasteiger partial charge is 0.401 e. The molecule has 0 bridgehead atoms. The normalized spacial score (nSPS) is 11.8. The van der Waals surface area contributed by atoms with Crippen molar-refractivity contribution in [1.82, 2.24) is 4.98 Å². The Bertz CT molecular complexity index is 467. The molecule has 84 valence electrons. The number of nitriles is 1. The third-order valence-corrected chi connectivity index (χ3v) is 3.85. The third-order valence-electron chi connectivity index (χ3n) is 1.71. The molecule has 0 aliphatic carbocycles. The number of thiazole rings is 1. The molecular formula is C10H11N3OS2. The number of carbonyl (C=O) groups excluding carboxylic acids is 1. The summed E-state index contributed by atoms with van der Waals surface area (Å²) in [6.07, 6.45) is 0. The first-order valence-electron chi connectivity index (χ1n) is 4.49. The van der Waals surface area contributed by atoms with Gasteiger partial charge in [0.2, 0.25) is 0 Å². The van der Waals surface area contributed by atoms with Crippen molar-refractivity contribution in [3.8, 4) is 6.07 Å². The van der Waals surface area contributed by atoms with E-state index in [0.717, 1.165) is 10.0 Å². The molecule has 0 aliphatic rings. The van der Waals surface area contributed by atoms with E-state index in [4.69, 9.17) is 11.0 Å². The Morgan fingerprint density at radius 3 is 2.88 bits per heavy atom. The van der Waals surface area contributed by atoms with Crippen molar-refractivity contribution in [2.24, 2.45) is 5.73 Å². The Balaban J connectivity index is 2.61. The van der Waals surface area contributed by atoms with E-state index in [2.05, 4.69) is 4.98 Å². The number of nitrogens with zero attached hydrogens (tertiary/aromatic N) is 2. The fraction of sp³-hybridized carbons (Fsp3) is 0.300. The quantitative estimate of drug-likeness (QED) is 0.503. The fourth-order valence-electron chi connectivity index (χ4n) is 0.969. The van der Waals surface area contributed by atoms with E-state index in [0.29, 0.717) is 0 Å². The first kappa shape index (κ1) is 12.7. The summed E-state index contributed by atoms with van der Waals surface area (Å²) in [7, 11) is 0. The van der Waals surface area contributed by atoms with Crippen LogP contribution in [0.1, 0.15) is 12.6 Å². The minimum atomic E-state index is -0.250. The molecule has 0 radical (unpaired) electrons. The average molecular weight is 253 g/mol. The van der Waals surface area contributed by atoms with Crippen molar-refractivity contribution in [2.75, 3.05) is 5.75 Å². The lowest BCUT2D eigenvalue weighted by Gasteiger charge is -1.98. The lowest BCUT2D eigenvalue weighted by atomic mass is 10.2. The average Bonchev–Trinajstić information content (AvgIpc) is 2.62. The molecule has 4 nitrogen and oxygen atoms in total. The van der Waals surface area contributed by atoms with E-state index in [1.165, 1.54) is 23.1 Å². The predicted octanol–water partition coefficient (Wildman–Crippen LogP) is 1.87. The Morgan fingerprint density at radius 1 is 1.75 bits per heavy atom. The zero-order valence-electron chi connectivity index (χ0n) is 8.98. The smallest absolute Gasteiger partial charge is 0.185 e. The lowest BCUT2D eigenvalue weighted by Crippen LogP contribution is -2.10. The molecule has 0 saturated heterocycles. The van der Waals surface area contributed by atoms with E-state index < -0.39 is 0 Å². The van der Waals surface area contributed by atoms with E-state index in [-0.39, 0.29) is 22.8 Å². The second kappa shape index (κ2) is 5.68. The molecule has 1 rings (SSSR count). The van der Waals surface area contributed by atoms with Gasteiger partial charge in [-0.3, -0.25) is 4.79 Å². The van der Waals surface area contributed by atoms with E-state index >= 15 is 0 Å². The van der Waals surface area contributed by atoms with E-state index in [9.17, 15) is 4.79 Å². The van der Waals surface area contributed by atoms with E-state index in [1.807, 2.05) is 18.4 Å². The van der Waals surface area contributed by atoms with Crippen molar-refractivity contribution in [3.05, 3.63) is 22.3 Å². The first-order chi connectivity index (χ1) is 7.54. The summed E-state index contributed by atoms with van der Waals surface area (Å²) in [5.74, 6) is -0.0509. The number of nitrogens with two attached hydrogens (primary N) is 1. The number of aryl methyl sites for hydroxylation is 1. The summed E-state index contributed by atoms with van der Waals surface area (Å²) in [6.45, 7) is 3.45. The third kappa shape index (κ3) is 3.36. The van der Waals surface area contributed by atoms with Gasteiger partial charge in [-0.2, -0.15) is 5.26 Å². The maximum absolute atomic E-state index is 11.6. The Kier molecular flexibility index (Phi) is 4.52. The van der Waals surface area contributed by atoms with Crippen LogP contribution in [0.2, 0.25) is 0 Å². The van der Waals surface area contributed by atoms with Gasteiger partial charge in [-0.1, -0.05) is 11.8 Å². The monoisotopic (exact) mass is 253 g/mol. The summed E-state index contributed by atoms with van der Waals surface area (Å²) < 4.78 is 0.831. The zero-order chi connectivity index (χ0) is 12.1. The van der Waals surface area contributed by atoms with Crippen molar-refractivity contribution >= 4 is 28.9 Å². The number of allylic oxidation sites excluding steroid dienone is 2. The van der Waals surface area contributed by atoms with Gasteiger partial charge in [-0.15, -0.1) is 11.3 Å². The number of ketones is 1. The highest BCUT2D eigenvalue weighted by atomic mass is 32.2. The van der Waals surface area contributed by atoms with Crippen LogP contribution in [-0.4, -0.2) is 16.5 Å². The number of hydrogen-bond donors (Lipinski definition) is 1. The molecule has 0 fully saturated rings. The second-order valence-electron chi connectivity index (χ2n) is 3.14. The Hall–Kier alpha value is -1.32. The highest BCUT2D eigenvalue weighted by molar-refractivity contribution is 8.01. The summed E-state index contributed by atoms with van der Waals surface area (Å²) >= 11 is 2.82.